The second-order valence-corrected chi connectivity index (χ2v) is 5.81. The smallest absolute Gasteiger partial charge is 0.341 e. The van der Waals surface area contributed by atoms with Crippen molar-refractivity contribution in [3.8, 4) is 10.4 Å². The number of nitrogen functional groups attached to an aromatic ring is 1. The van der Waals surface area contributed by atoms with E-state index in [1.54, 1.807) is 32.9 Å². The highest BCUT2D eigenvalue weighted by Crippen LogP contribution is 2.38. The van der Waals surface area contributed by atoms with Crippen molar-refractivity contribution in [1.82, 2.24) is 0 Å². The maximum Gasteiger partial charge on any atom is 0.341 e. The van der Waals surface area contributed by atoms with Gasteiger partial charge in [0, 0.05) is 4.88 Å². The Morgan fingerprint density at radius 2 is 2.10 bits per heavy atom. The molecule has 0 aliphatic carbocycles. The third-order valence-corrected chi connectivity index (χ3v) is 3.98. The van der Waals surface area contributed by atoms with Gasteiger partial charge in [0.1, 0.15) is 10.8 Å². The summed E-state index contributed by atoms with van der Waals surface area (Å²) in [6.45, 7) is 5.36. The zero-order chi connectivity index (χ0) is 14.9. The van der Waals surface area contributed by atoms with Crippen LogP contribution in [0.2, 0.25) is 0 Å². The summed E-state index contributed by atoms with van der Waals surface area (Å²) >= 11 is 1.27. The fourth-order valence-corrected chi connectivity index (χ4v) is 3.03. The number of nitrogens with two attached hydrogens (primary N) is 1. The Hall–Kier alpha value is -1.88. The van der Waals surface area contributed by atoms with Crippen molar-refractivity contribution in [2.45, 2.75) is 26.9 Å². The Kier molecular flexibility index (Phi) is 4.09. The summed E-state index contributed by atoms with van der Waals surface area (Å²) in [6.07, 6.45) is -0.209. The molecule has 0 fully saturated rings. The summed E-state index contributed by atoms with van der Waals surface area (Å²) in [5, 5.41) is 0.396. The molecule has 1 aromatic carbocycles. The highest BCUT2D eigenvalue weighted by molar-refractivity contribution is 7.19. The van der Waals surface area contributed by atoms with Crippen LogP contribution in [0.15, 0.2) is 24.3 Å². The lowest BCUT2D eigenvalue weighted by molar-refractivity contribution is 0.0379. The van der Waals surface area contributed by atoms with Gasteiger partial charge >= 0.3 is 5.97 Å². The number of esters is 1. The van der Waals surface area contributed by atoms with E-state index in [4.69, 9.17) is 10.5 Å². The number of thiophene rings is 1. The molecule has 106 valence electrons. The molecule has 2 N–H and O–H groups in total. The molecule has 0 aliphatic rings. The predicted molar refractivity (Wildman–Crippen MR) is 79.4 cm³/mol. The van der Waals surface area contributed by atoms with Crippen LogP contribution in [0.3, 0.4) is 0 Å². The van der Waals surface area contributed by atoms with E-state index in [2.05, 4.69) is 0 Å². The third-order valence-electron chi connectivity index (χ3n) is 2.81. The highest BCUT2D eigenvalue weighted by atomic mass is 32.1. The number of carbonyl (C=O) groups excluding carboxylic acids is 1. The first-order valence-electron chi connectivity index (χ1n) is 6.26. The molecule has 1 aromatic heterocycles. The van der Waals surface area contributed by atoms with Crippen molar-refractivity contribution in [2.24, 2.45) is 0 Å². The van der Waals surface area contributed by atoms with Gasteiger partial charge in [-0.3, -0.25) is 0 Å². The van der Waals surface area contributed by atoms with E-state index in [-0.39, 0.29) is 11.9 Å². The summed E-state index contributed by atoms with van der Waals surface area (Å²) in [6, 6.07) is 6.23. The van der Waals surface area contributed by atoms with Crippen molar-refractivity contribution in [1.29, 1.82) is 0 Å². The van der Waals surface area contributed by atoms with Gasteiger partial charge in [0.25, 0.3) is 0 Å². The van der Waals surface area contributed by atoms with E-state index in [0.29, 0.717) is 16.1 Å². The second-order valence-electron chi connectivity index (χ2n) is 4.76. The first-order valence-corrected chi connectivity index (χ1v) is 7.07. The van der Waals surface area contributed by atoms with Gasteiger partial charge in [0.2, 0.25) is 0 Å². The van der Waals surface area contributed by atoms with Crippen LogP contribution in [-0.2, 0) is 4.74 Å². The van der Waals surface area contributed by atoms with Crippen LogP contribution in [0, 0.1) is 12.7 Å². The van der Waals surface area contributed by atoms with Gasteiger partial charge in [-0.25, -0.2) is 9.18 Å². The molecule has 0 bridgehead atoms. The standard InChI is InChI=1S/C15H16FNO2S/c1-8(2)19-15(18)12-9(3)13(20-14(12)17)10-5-4-6-11(16)7-10/h4-8H,17H2,1-3H3. The topological polar surface area (TPSA) is 52.3 Å². The van der Waals surface area contributed by atoms with Gasteiger partial charge in [-0.2, -0.15) is 0 Å². The number of halogens is 1. The van der Waals surface area contributed by atoms with Crippen LogP contribution in [0.1, 0.15) is 29.8 Å². The molecule has 2 aromatic rings. The normalized spacial score (nSPS) is 10.8. The van der Waals surface area contributed by atoms with E-state index < -0.39 is 5.97 Å². The van der Waals surface area contributed by atoms with Crippen LogP contribution in [-0.4, -0.2) is 12.1 Å². The monoisotopic (exact) mass is 293 g/mol. The number of hydrogen-bond donors (Lipinski definition) is 1. The lowest BCUT2D eigenvalue weighted by Gasteiger charge is -2.08. The lowest BCUT2D eigenvalue weighted by Crippen LogP contribution is -2.13. The summed E-state index contributed by atoms with van der Waals surface area (Å²) in [4.78, 5) is 12.8. The van der Waals surface area contributed by atoms with Crippen LogP contribution in [0.25, 0.3) is 10.4 Å². The Bertz CT molecular complexity index is 649. The fourth-order valence-electron chi connectivity index (χ4n) is 1.97. The minimum Gasteiger partial charge on any atom is -0.459 e. The highest BCUT2D eigenvalue weighted by Gasteiger charge is 2.22. The molecule has 0 amide bonds. The van der Waals surface area contributed by atoms with E-state index in [0.717, 1.165) is 10.4 Å². The Balaban J connectivity index is 2.46. The average molecular weight is 293 g/mol. The largest absolute Gasteiger partial charge is 0.459 e. The maximum atomic E-state index is 13.3. The molecule has 2 rings (SSSR count). The van der Waals surface area contributed by atoms with Crippen molar-refractivity contribution < 1.29 is 13.9 Å². The first kappa shape index (κ1) is 14.5. The van der Waals surface area contributed by atoms with Gasteiger partial charge in [-0.15, -0.1) is 11.3 Å². The van der Waals surface area contributed by atoms with E-state index >= 15 is 0 Å². The summed E-state index contributed by atoms with van der Waals surface area (Å²) in [5.41, 5.74) is 7.73. The minimum absolute atomic E-state index is 0.209. The minimum atomic E-state index is -0.436. The molecule has 5 heteroatoms. The van der Waals surface area contributed by atoms with Crippen LogP contribution in [0.5, 0.6) is 0 Å². The number of benzene rings is 1. The maximum absolute atomic E-state index is 13.3. The molecule has 0 spiro atoms. The molecule has 0 unspecified atom stereocenters. The lowest BCUT2D eigenvalue weighted by atomic mass is 10.1. The number of anilines is 1. The molecule has 0 radical (unpaired) electrons. The van der Waals surface area contributed by atoms with Crippen LogP contribution >= 0.6 is 11.3 Å². The third kappa shape index (κ3) is 2.82. The Morgan fingerprint density at radius 1 is 1.40 bits per heavy atom. The molecule has 0 atom stereocenters. The average Bonchev–Trinajstić information content (AvgIpc) is 2.64. The van der Waals surface area contributed by atoms with Gasteiger partial charge in [-0.05, 0) is 44.0 Å². The van der Waals surface area contributed by atoms with Crippen molar-refractivity contribution in [3.63, 3.8) is 0 Å². The first-order chi connectivity index (χ1) is 9.40. The Labute approximate surface area is 121 Å². The van der Waals surface area contributed by atoms with Gasteiger partial charge < -0.3 is 10.5 Å². The Morgan fingerprint density at radius 3 is 2.70 bits per heavy atom. The van der Waals surface area contributed by atoms with Crippen LogP contribution in [0.4, 0.5) is 9.39 Å². The number of ether oxygens (including phenoxy) is 1. The molecular formula is C15H16FNO2S. The summed E-state index contributed by atoms with van der Waals surface area (Å²) < 4.78 is 18.5. The number of hydrogen-bond acceptors (Lipinski definition) is 4. The number of rotatable bonds is 3. The van der Waals surface area contributed by atoms with Gasteiger partial charge in [0.05, 0.1) is 11.7 Å². The van der Waals surface area contributed by atoms with Crippen LogP contribution < -0.4 is 5.73 Å². The van der Waals surface area contributed by atoms with Crippen molar-refractivity contribution in [2.75, 3.05) is 5.73 Å². The molecular weight excluding hydrogens is 277 g/mol. The van der Waals surface area contributed by atoms with Gasteiger partial charge in [0.15, 0.2) is 0 Å². The summed E-state index contributed by atoms with van der Waals surface area (Å²) in [7, 11) is 0. The zero-order valence-electron chi connectivity index (χ0n) is 11.6. The molecule has 1 heterocycles. The zero-order valence-corrected chi connectivity index (χ0v) is 12.4. The molecule has 0 aliphatic heterocycles. The quantitative estimate of drug-likeness (QED) is 0.870. The second kappa shape index (κ2) is 5.63. The van der Waals surface area contributed by atoms with Crippen molar-refractivity contribution in [3.05, 3.63) is 41.2 Å². The molecule has 0 saturated heterocycles. The number of carbonyl (C=O) groups is 1. The molecule has 20 heavy (non-hydrogen) atoms. The van der Waals surface area contributed by atoms with Gasteiger partial charge in [-0.1, -0.05) is 12.1 Å². The molecule has 0 saturated carbocycles. The fraction of sp³-hybridized carbons (Fsp3) is 0.267. The predicted octanol–water partition coefficient (Wildman–Crippen LogP) is 4.01. The van der Waals surface area contributed by atoms with Crippen molar-refractivity contribution >= 4 is 22.3 Å². The summed E-state index contributed by atoms with van der Waals surface area (Å²) in [5.74, 6) is -0.755. The van der Waals surface area contributed by atoms with E-state index in [9.17, 15) is 9.18 Å². The van der Waals surface area contributed by atoms with E-state index in [1.807, 2.05) is 0 Å². The molecule has 3 nitrogen and oxygen atoms in total. The SMILES string of the molecule is Cc1c(-c2cccc(F)c2)sc(N)c1C(=O)OC(C)C. The van der Waals surface area contributed by atoms with E-state index in [1.165, 1.54) is 23.5 Å².